The highest BCUT2D eigenvalue weighted by Crippen LogP contribution is 2.23. The minimum atomic E-state index is -1.03. The lowest BCUT2D eigenvalue weighted by Gasteiger charge is -2.12. The number of aromatic carboxylic acids is 1. The number of hydrogen-bond donors (Lipinski definition) is 3. The summed E-state index contributed by atoms with van der Waals surface area (Å²) in [5.74, 6) is -1.08. The number of aryl methyl sites for hydroxylation is 1. The van der Waals surface area contributed by atoms with Gasteiger partial charge in [0.15, 0.2) is 0 Å². The Morgan fingerprint density at radius 1 is 1.32 bits per heavy atom. The third kappa shape index (κ3) is 4.76. The van der Waals surface area contributed by atoms with E-state index in [2.05, 4.69) is 15.3 Å². The lowest BCUT2D eigenvalue weighted by Crippen LogP contribution is -2.28. The Kier molecular flexibility index (Phi) is 5.73. The van der Waals surface area contributed by atoms with Crippen LogP contribution < -0.4 is 10.9 Å². The Balaban J connectivity index is 2.19. The SMILES string of the molecule is Cc1nc(C(C)NC(=O)c2cc(CC(C)C)[nH]c(=O)c2)sc1C(=O)O. The minimum Gasteiger partial charge on any atom is -0.477 e. The second kappa shape index (κ2) is 7.60. The molecule has 1 unspecified atom stereocenters. The zero-order valence-corrected chi connectivity index (χ0v) is 15.4. The van der Waals surface area contributed by atoms with Crippen LogP contribution in [0.1, 0.15) is 63.2 Å². The van der Waals surface area contributed by atoms with Gasteiger partial charge in [-0.3, -0.25) is 9.59 Å². The first kappa shape index (κ1) is 18.9. The molecular formula is C17H21N3O4S. The monoisotopic (exact) mass is 363 g/mol. The van der Waals surface area contributed by atoms with Gasteiger partial charge in [-0.1, -0.05) is 13.8 Å². The predicted molar refractivity (Wildman–Crippen MR) is 95.3 cm³/mol. The summed E-state index contributed by atoms with van der Waals surface area (Å²) in [7, 11) is 0. The Bertz CT molecular complexity index is 854. The molecule has 0 aliphatic carbocycles. The van der Waals surface area contributed by atoms with Gasteiger partial charge >= 0.3 is 5.97 Å². The molecule has 0 aliphatic heterocycles. The number of pyridine rings is 1. The molecule has 0 aromatic carbocycles. The molecule has 0 spiro atoms. The first-order chi connectivity index (χ1) is 11.7. The minimum absolute atomic E-state index is 0.159. The largest absolute Gasteiger partial charge is 0.477 e. The predicted octanol–water partition coefficient (Wildman–Crippen LogP) is 2.53. The van der Waals surface area contributed by atoms with E-state index in [9.17, 15) is 14.4 Å². The molecule has 2 rings (SSSR count). The summed E-state index contributed by atoms with van der Waals surface area (Å²) in [4.78, 5) is 42.4. The third-order valence-electron chi connectivity index (χ3n) is 3.52. The van der Waals surface area contributed by atoms with E-state index in [-0.39, 0.29) is 16.0 Å². The average Bonchev–Trinajstić information content (AvgIpc) is 2.88. The van der Waals surface area contributed by atoms with Crippen molar-refractivity contribution in [1.29, 1.82) is 0 Å². The first-order valence-electron chi connectivity index (χ1n) is 7.92. The molecule has 7 nitrogen and oxygen atoms in total. The Hall–Kier alpha value is -2.48. The van der Waals surface area contributed by atoms with Gasteiger partial charge in [-0.25, -0.2) is 9.78 Å². The summed E-state index contributed by atoms with van der Waals surface area (Å²) >= 11 is 1.03. The highest BCUT2D eigenvalue weighted by molar-refractivity contribution is 7.13. The van der Waals surface area contributed by atoms with Gasteiger partial charge in [0.2, 0.25) is 5.56 Å². The fourth-order valence-electron chi connectivity index (χ4n) is 2.42. The maximum atomic E-state index is 12.4. The van der Waals surface area contributed by atoms with Crippen molar-refractivity contribution in [2.45, 2.75) is 40.2 Å². The number of thiazole rings is 1. The van der Waals surface area contributed by atoms with E-state index in [1.807, 2.05) is 13.8 Å². The number of carboxylic acids is 1. The zero-order valence-electron chi connectivity index (χ0n) is 14.5. The van der Waals surface area contributed by atoms with Gasteiger partial charge in [0.1, 0.15) is 9.88 Å². The zero-order chi connectivity index (χ0) is 18.7. The van der Waals surface area contributed by atoms with Crippen molar-refractivity contribution in [3.8, 4) is 0 Å². The molecule has 25 heavy (non-hydrogen) atoms. The standard InChI is InChI=1S/C17H21N3O4S/c1-8(2)5-12-6-11(7-13(21)20-12)15(22)18-10(4)16-19-9(3)14(25-16)17(23)24/h6-8,10H,5H2,1-4H3,(H,18,22)(H,20,21)(H,23,24). The van der Waals surface area contributed by atoms with E-state index in [4.69, 9.17) is 5.11 Å². The fraction of sp³-hybridized carbons (Fsp3) is 0.412. The van der Waals surface area contributed by atoms with E-state index in [1.165, 1.54) is 6.07 Å². The quantitative estimate of drug-likeness (QED) is 0.730. The van der Waals surface area contributed by atoms with Crippen LogP contribution in [0.2, 0.25) is 0 Å². The maximum absolute atomic E-state index is 12.4. The molecule has 0 saturated heterocycles. The van der Waals surface area contributed by atoms with Crippen LogP contribution in [0.5, 0.6) is 0 Å². The number of nitrogens with zero attached hydrogens (tertiary/aromatic N) is 1. The van der Waals surface area contributed by atoms with Gasteiger partial charge in [-0.15, -0.1) is 11.3 Å². The second-order valence-corrected chi connectivity index (χ2v) is 7.35. The molecule has 0 bridgehead atoms. The molecule has 2 heterocycles. The Morgan fingerprint density at radius 2 is 2.00 bits per heavy atom. The maximum Gasteiger partial charge on any atom is 0.347 e. The summed E-state index contributed by atoms with van der Waals surface area (Å²) in [5, 5.41) is 12.4. The van der Waals surface area contributed by atoms with Crippen molar-refractivity contribution >= 4 is 23.2 Å². The highest BCUT2D eigenvalue weighted by Gasteiger charge is 2.20. The van der Waals surface area contributed by atoms with Gasteiger partial charge in [0.05, 0.1) is 11.7 Å². The van der Waals surface area contributed by atoms with Crippen LogP contribution in [0.3, 0.4) is 0 Å². The number of H-pyrrole nitrogens is 1. The Labute approximate surface area is 149 Å². The molecule has 8 heteroatoms. The number of carboxylic acid groups (broad SMARTS) is 1. The number of hydrogen-bond acceptors (Lipinski definition) is 5. The molecule has 2 aromatic heterocycles. The van der Waals surface area contributed by atoms with Gasteiger partial charge in [0, 0.05) is 17.3 Å². The fourth-order valence-corrected chi connectivity index (χ4v) is 3.33. The van der Waals surface area contributed by atoms with Crippen molar-refractivity contribution in [3.63, 3.8) is 0 Å². The summed E-state index contributed by atoms with van der Waals surface area (Å²) in [6.07, 6.45) is 0.666. The van der Waals surface area contributed by atoms with E-state index in [0.29, 0.717) is 28.7 Å². The average molecular weight is 363 g/mol. The number of amides is 1. The van der Waals surface area contributed by atoms with Crippen molar-refractivity contribution in [2.75, 3.05) is 0 Å². The van der Waals surface area contributed by atoms with E-state index >= 15 is 0 Å². The number of aromatic nitrogens is 2. The summed E-state index contributed by atoms with van der Waals surface area (Å²) in [5.41, 5.74) is 1.08. The third-order valence-corrected chi connectivity index (χ3v) is 4.84. The number of carbonyl (C=O) groups is 2. The van der Waals surface area contributed by atoms with Crippen LogP contribution in [-0.4, -0.2) is 27.0 Å². The molecular weight excluding hydrogens is 342 g/mol. The van der Waals surface area contributed by atoms with Crippen LogP contribution >= 0.6 is 11.3 Å². The van der Waals surface area contributed by atoms with Crippen LogP contribution in [-0.2, 0) is 6.42 Å². The first-order valence-corrected chi connectivity index (χ1v) is 8.73. The van der Waals surface area contributed by atoms with Crippen molar-refractivity contribution in [3.05, 3.63) is 49.3 Å². The number of carbonyl (C=O) groups excluding carboxylic acids is 1. The van der Waals surface area contributed by atoms with E-state index < -0.39 is 17.9 Å². The molecule has 0 radical (unpaired) electrons. The van der Waals surface area contributed by atoms with Crippen LogP contribution in [0.25, 0.3) is 0 Å². The van der Waals surface area contributed by atoms with Crippen LogP contribution in [0, 0.1) is 12.8 Å². The van der Waals surface area contributed by atoms with Gasteiger partial charge < -0.3 is 15.4 Å². The molecule has 0 saturated carbocycles. The summed E-state index contributed by atoms with van der Waals surface area (Å²) < 4.78 is 0. The summed E-state index contributed by atoms with van der Waals surface area (Å²) in [6, 6.07) is 2.46. The summed E-state index contributed by atoms with van der Waals surface area (Å²) in [6.45, 7) is 7.40. The van der Waals surface area contributed by atoms with Crippen molar-refractivity contribution in [2.24, 2.45) is 5.92 Å². The van der Waals surface area contributed by atoms with Gasteiger partial charge in [0.25, 0.3) is 5.91 Å². The number of nitrogens with one attached hydrogen (secondary N) is 2. The molecule has 0 fully saturated rings. The van der Waals surface area contributed by atoms with Gasteiger partial charge in [-0.2, -0.15) is 0 Å². The lowest BCUT2D eigenvalue weighted by atomic mass is 10.1. The van der Waals surface area contributed by atoms with E-state index in [0.717, 1.165) is 11.3 Å². The second-order valence-electron chi connectivity index (χ2n) is 6.32. The van der Waals surface area contributed by atoms with Crippen molar-refractivity contribution in [1.82, 2.24) is 15.3 Å². The Morgan fingerprint density at radius 3 is 2.56 bits per heavy atom. The molecule has 2 aromatic rings. The van der Waals surface area contributed by atoms with Crippen LogP contribution in [0.15, 0.2) is 16.9 Å². The topological polar surface area (TPSA) is 112 Å². The lowest BCUT2D eigenvalue weighted by molar-refractivity contribution is 0.0701. The normalized spacial score (nSPS) is 12.2. The molecule has 0 aliphatic rings. The van der Waals surface area contributed by atoms with Gasteiger partial charge in [-0.05, 0) is 32.3 Å². The molecule has 3 N–H and O–H groups in total. The van der Waals surface area contributed by atoms with E-state index in [1.54, 1.807) is 19.9 Å². The van der Waals surface area contributed by atoms with Crippen molar-refractivity contribution < 1.29 is 14.7 Å². The van der Waals surface area contributed by atoms with Crippen LogP contribution in [0.4, 0.5) is 0 Å². The smallest absolute Gasteiger partial charge is 0.347 e. The number of rotatable bonds is 6. The molecule has 134 valence electrons. The molecule has 1 atom stereocenters. The molecule has 1 amide bonds. The number of aromatic amines is 1. The highest BCUT2D eigenvalue weighted by atomic mass is 32.1.